The molecule has 2 heterocycles. The summed E-state index contributed by atoms with van der Waals surface area (Å²) in [5.41, 5.74) is 1.06. The average molecular weight is 326 g/mol. The van der Waals surface area contributed by atoms with Gasteiger partial charge in [0.1, 0.15) is 5.00 Å². The highest BCUT2D eigenvalue weighted by Crippen LogP contribution is 2.38. The fourth-order valence-corrected chi connectivity index (χ4v) is 3.90. The van der Waals surface area contributed by atoms with Crippen LogP contribution in [0.1, 0.15) is 44.2 Å². The number of carbonyl (C=O) groups is 2. The van der Waals surface area contributed by atoms with Crippen LogP contribution in [-0.2, 0) is 12.8 Å². The summed E-state index contributed by atoms with van der Waals surface area (Å²) < 4.78 is 5.03. The zero-order valence-electron chi connectivity index (χ0n) is 10.9. The van der Waals surface area contributed by atoms with Crippen LogP contribution in [0.4, 0.5) is 5.00 Å². The summed E-state index contributed by atoms with van der Waals surface area (Å²) in [5.74, 6) is -1.45. The molecule has 3 rings (SSSR count). The number of thiophene rings is 1. The second-order valence-corrected chi connectivity index (χ2v) is 6.26. The maximum Gasteiger partial charge on any atom is 0.339 e. The monoisotopic (exact) mass is 325 g/mol. The van der Waals surface area contributed by atoms with Gasteiger partial charge in [-0.1, -0.05) is 0 Å². The van der Waals surface area contributed by atoms with Gasteiger partial charge in [0.25, 0.3) is 5.91 Å². The van der Waals surface area contributed by atoms with Crippen molar-refractivity contribution in [2.24, 2.45) is 0 Å². The van der Waals surface area contributed by atoms with E-state index in [1.807, 2.05) is 0 Å². The van der Waals surface area contributed by atoms with Gasteiger partial charge in [-0.3, -0.25) is 4.79 Å². The van der Waals surface area contributed by atoms with Crippen LogP contribution >= 0.6 is 22.9 Å². The summed E-state index contributed by atoms with van der Waals surface area (Å²) in [6, 6.07) is 2.92. The number of anilines is 1. The number of amides is 1. The lowest BCUT2D eigenvalue weighted by atomic mass is 9.95. The third-order valence-electron chi connectivity index (χ3n) is 3.41. The number of hydrogen-bond donors (Lipinski definition) is 2. The van der Waals surface area contributed by atoms with Gasteiger partial charge in [-0.15, -0.1) is 11.3 Å². The minimum atomic E-state index is -1.01. The second-order valence-electron chi connectivity index (χ2n) is 4.78. The number of rotatable bonds is 3. The number of carboxylic acid groups (broad SMARTS) is 1. The largest absolute Gasteiger partial charge is 0.478 e. The van der Waals surface area contributed by atoms with Gasteiger partial charge in [0.2, 0.25) is 0 Å². The smallest absolute Gasteiger partial charge is 0.339 e. The van der Waals surface area contributed by atoms with Gasteiger partial charge >= 0.3 is 5.97 Å². The molecule has 1 aliphatic carbocycles. The number of carboxylic acids is 1. The normalized spacial score (nSPS) is 13.8. The highest BCUT2D eigenvalue weighted by atomic mass is 35.5. The molecule has 1 amide bonds. The minimum Gasteiger partial charge on any atom is -0.478 e. The molecule has 0 saturated heterocycles. The Bertz CT molecular complexity index is 719. The molecule has 0 unspecified atom stereocenters. The SMILES string of the molecule is O=C(Nc1sc2c(c1C(=O)O)CCCC2)c1ccc(Cl)o1. The zero-order chi connectivity index (χ0) is 15.0. The van der Waals surface area contributed by atoms with Gasteiger partial charge in [-0.25, -0.2) is 4.79 Å². The number of carbonyl (C=O) groups excluding carboxylic acids is 1. The van der Waals surface area contributed by atoms with Crippen molar-refractivity contribution in [2.45, 2.75) is 25.7 Å². The summed E-state index contributed by atoms with van der Waals surface area (Å²) in [4.78, 5) is 24.6. The van der Waals surface area contributed by atoms with E-state index in [1.165, 1.54) is 23.5 Å². The lowest BCUT2D eigenvalue weighted by Crippen LogP contribution is -2.13. The Kier molecular flexibility index (Phi) is 3.73. The Morgan fingerprint density at radius 2 is 2.05 bits per heavy atom. The Hall–Kier alpha value is -1.79. The molecule has 0 fully saturated rings. The number of aromatic carboxylic acids is 1. The van der Waals surface area contributed by atoms with Crippen molar-refractivity contribution in [1.29, 1.82) is 0 Å². The van der Waals surface area contributed by atoms with Crippen LogP contribution in [0.2, 0.25) is 5.22 Å². The first-order valence-electron chi connectivity index (χ1n) is 6.51. The highest BCUT2D eigenvalue weighted by Gasteiger charge is 2.26. The van der Waals surface area contributed by atoms with Crippen molar-refractivity contribution in [1.82, 2.24) is 0 Å². The molecule has 0 spiro atoms. The molecule has 0 aliphatic heterocycles. The van der Waals surface area contributed by atoms with Crippen LogP contribution in [0.25, 0.3) is 0 Å². The Labute approximate surface area is 129 Å². The zero-order valence-corrected chi connectivity index (χ0v) is 12.5. The fraction of sp³-hybridized carbons (Fsp3) is 0.286. The van der Waals surface area contributed by atoms with E-state index in [0.717, 1.165) is 36.1 Å². The Morgan fingerprint density at radius 3 is 2.71 bits per heavy atom. The van der Waals surface area contributed by atoms with E-state index >= 15 is 0 Å². The van der Waals surface area contributed by atoms with E-state index in [0.29, 0.717) is 5.00 Å². The quantitative estimate of drug-likeness (QED) is 0.899. The number of nitrogens with one attached hydrogen (secondary N) is 1. The van der Waals surface area contributed by atoms with E-state index in [-0.39, 0.29) is 16.5 Å². The molecular formula is C14H12ClNO4S. The van der Waals surface area contributed by atoms with Crippen molar-refractivity contribution in [2.75, 3.05) is 5.32 Å². The number of halogens is 1. The summed E-state index contributed by atoms with van der Waals surface area (Å²) >= 11 is 6.97. The Morgan fingerprint density at radius 1 is 1.29 bits per heavy atom. The van der Waals surface area contributed by atoms with Crippen molar-refractivity contribution in [3.8, 4) is 0 Å². The molecule has 1 aliphatic rings. The third kappa shape index (κ3) is 2.69. The molecule has 2 N–H and O–H groups in total. The molecular weight excluding hydrogens is 314 g/mol. The number of furan rings is 1. The van der Waals surface area contributed by atoms with Gasteiger partial charge in [-0.05, 0) is 55.0 Å². The van der Waals surface area contributed by atoms with Crippen LogP contribution in [0, 0.1) is 0 Å². The predicted octanol–water partition coefficient (Wildman–Crippen LogP) is 3.82. The predicted molar refractivity (Wildman–Crippen MR) is 79.6 cm³/mol. The van der Waals surface area contributed by atoms with Crippen LogP contribution in [0.3, 0.4) is 0 Å². The first-order valence-corrected chi connectivity index (χ1v) is 7.70. The summed E-state index contributed by atoms with van der Waals surface area (Å²) in [5, 5.41) is 12.5. The maximum absolute atomic E-state index is 12.1. The molecule has 2 aromatic rings. The van der Waals surface area contributed by atoms with Crippen molar-refractivity contribution < 1.29 is 19.1 Å². The van der Waals surface area contributed by atoms with Crippen LogP contribution in [0.5, 0.6) is 0 Å². The van der Waals surface area contributed by atoms with Crippen LogP contribution in [0.15, 0.2) is 16.5 Å². The van der Waals surface area contributed by atoms with E-state index in [4.69, 9.17) is 16.0 Å². The minimum absolute atomic E-state index is 0.0581. The van der Waals surface area contributed by atoms with Gasteiger partial charge in [-0.2, -0.15) is 0 Å². The molecule has 2 aromatic heterocycles. The van der Waals surface area contributed by atoms with Gasteiger partial charge in [0.05, 0.1) is 5.56 Å². The van der Waals surface area contributed by atoms with Gasteiger partial charge in [0.15, 0.2) is 11.0 Å². The lowest BCUT2D eigenvalue weighted by molar-refractivity contribution is 0.0697. The topological polar surface area (TPSA) is 79.5 Å². The first-order chi connectivity index (χ1) is 10.1. The van der Waals surface area contributed by atoms with E-state index in [9.17, 15) is 14.7 Å². The maximum atomic E-state index is 12.1. The van der Waals surface area contributed by atoms with Crippen LogP contribution < -0.4 is 5.32 Å². The van der Waals surface area contributed by atoms with E-state index < -0.39 is 11.9 Å². The molecule has 7 heteroatoms. The summed E-state index contributed by atoms with van der Waals surface area (Å²) in [6.45, 7) is 0. The van der Waals surface area contributed by atoms with Gasteiger partial charge in [0, 0.05) is 4.88 Å². The molecule has 0 saturated carbocycles. The molecule has 0 bridgehead atoms. The summed E-state index contributed by atoms with van der Waals surface area (Å²) in [6.07, 6.45) is 3.64. The van der Waals surface area contributed by atoms with Crippen molar-refractivity contribution in [3.63, 3.8) is 0 Å². The van der Waals surface area contributed by atoms with Crippen LogP contribution in [-0.4, -0.2) is 17.0 Å². The van der Waals surface area contributed by atoms with E-state index in [1.54, 1.807) is 0 Å². The number of fused-ring (bicyclic) bond motifs is 1. The molecule has 21 heavy (non-hydrogen) atoms. The fourth-order valence-electron chi connectivity index (χ4n) is 2.48. The number of hydrogen-bond acceptors (Lipinski definition) is 4. The summed E-state index contributed by atoms with van der Waals surface area (Å²) in [7, 11) is 0. The van der Waals surface area contributed by atoms with Crippen molar-refractivity contribution >= 4 is 39.8 Å². The molecule has 110 valence electrons. The number of aryl methyl sites for hydroxylation is 1. The standard InChI is InChI=1S/C14H12ClNO4S/c15-10-6-5-8(20-10)12(17)16-13-11(14(18)19)7-3-1-2-4-9(7)21-13/h5-6H,1-4H2,(H,16,17)(H,18,19). The second kappa shape index (κ2) is 5.54. The molecule has 5 nitrogen and oxygen atoms in total. The highest BCUT2D eigenvalue weighted by molar-refractivity contribution is 7.17. The van der Waals surface area contributed by atoms with Crippen molar-refractivity contribution in [3.05, 3.63) is 39.1 Å². The molecule has 0 atom stereocenters. The third-order valence-corrected chi connectivity index (χ3v) is 4.82. The average Bonchev–Trinajstić information content (AvgIpc) is 3.01. The van der Waals surface area contributed by atoms with Gasteiger partial charge < -0.3 is 14.8 Å². The Balaban J connectivity index is 1.93. The van der Waals surface area contributed by atoms with E-state index in [2.05, 4.69) is 5.32 Å². The first kappa shape index (κ1) is 14.2. The molecule has 0 aromatic carbocycles. The molecule has 0 radical (unpaired) electrons. The lowest BCUT2D eigenvalue weighted by Gasteiger charge is -2.10.